The summed E-state index contributed by atoms with van der Waals surface area (Å²) in [7, 11) is 2.74. The van der Waals surface area contributed by atoms with Crippen molar-refractivity contribution in [1.29, 1.82) is 0 Å². The number of nitrogens with zero attached hydrogens (tertiary/aromatic N) is 4. The second-order valence-corrected chi connectivity index (χ2v) is 15.9. The summed E-state index contributed by atoms with van der Waals surface area (Å²) >= 11 is 0. The van der Waals surface area contributed by atoms with Gasteiger partial charge in [0.05, 0.1) is 49.0 Å². The number of alkyl halides is 3. The summed E-state index contributed by atoms with van der Waals surface area (Å²) in [6, 6.07) is 17.8. The molecule has 5 aromatic rings. The Morgan fingerprint density at radius 3 is 2.10 bits per heavy atom. The van der Waals surface area contributed by atoms with Crippen LogP contribution in [0, 0.1) is 17.8 Å². The third kappa shape index (κ3) is 8.12. The zero-order chi connectivity index (χ0) is 42.1. The zero-order valence-electron chi connectivity index (χ0n) is 33.5. The first kappa shape index (κ1) is 40.7. The molecule has 8 rings (SSSR count). The Hall–Kier alpha value is -6.03. The number of benzene rings is 2. The summed E-state index contributed by atoms with van der Waals surface area (Å²) in [5, 5.41) is 5.40. The molecule has 314 valence electrons. The van der Waals surface area contributed by atoms with E-state index in [1.807, 2.05) is 48.5 Å². The van der Waals surface area contributed by atoms with Gasteiger partial charge in [-0.3, -0.25) is 14.6 Å². The Bertz CT molecular complexity index is 2330. The van der Waals surface area contributed by atoms with Crippen molar-refractivity contribution in [1.82, 2.24) is 40.5 Å². The first-order chi connectivity index (χ1) is 28.9. The third-order valence-corrected chi connectivity index (χ3v) is 12.5. The lowest BCUT2D eigenvalue weighted by Gasteiger charge is -2.30. The van der Waals surface area contributed by atoms with Gasteiger partial charge in [-0.15, -0.1) is 0 Å². The van der Waals surface area contributed by atoms with Crippen LogP contribution in [-0.2, 0) is 31.8 Å². The average Bonchev–Trinajstić information content (AvgIpc) is 4.13. The number of fused-ring (bicyclic) bond motifs is 2. The molecular weight excluding hydrogens is 778 g/mol. The van der Waals surface area contributed by atoms with Crippen LogP contribution in [0.5, 0.6) is 0 Å². The van der Waals surface area contributed by atoms with E-state index in [-0.39, 0.29) is 53.6 Å². The van der Waals surface area contributed by atoms with Crippen molar-refractivity contribution >= 4 is 17.9 Å². The van der Waals surface area contributed by atoms with Gasteiger partial charge in [-0.1, -0.05) is 54.6 Å². The number of imidazole rings is 2. The number of alkyl carbamates (subject to hydrolysis) is 1. The van der Waals surface area contributed by atoms with Crippen molar-refractivity contribution in [3.8, 4) is 33.6 Å². The molecule has 2 bridgehead atoms. The lowest BCUT2D eigenvalue weighted by atomic mass is 9.78. The van der Waals surface area contributed by atoms with E-state index in [9.17, 15) is 27.6 Å². The number of methoxy groups -OCH3 is 2. The number of nitrogens with one attached hydrogen (secondary N) is 4. The Morgan fingerprint density at radius 2 is 1.47 bits per heavy atom. The maximum atomic E-state index is 13.6. The van der Waals surface area contributed by atoms with Gasteiger partial charge in [0, 0.05) is 37.9 Å². The summed E-state index contributed by atoms with van der Waals surface area (Å²) < 4.78 is 50.7. The fraction of sp³-hybridized carbons (Fsp3) is 0.409. The number of hydrogen-bond donors (Lipinski definition) is 4. The molecule has 3 aromatic heterocycles. The van der Waals surface area contributed by atoms with Crippen LogP contribution in [0.25, 0.3) is 33.6 Å². The highest BCUT2D eigenvalue weighted by atomic mass is 19.4. The van der Waals surface area contributed by atoms with Gasteiger partial charge in [0.1, 0.15) is 23.4 Å². The molecule has 2 unspecified atom stereocenters. The minimum atomic E-state index is -4.61. The number of carbonyl (C=O) groups is 3. The van der Waals surface area contributed by atoms with Gasteiger partial charge in [-0.25, -0.2) is 14.8 Å². The van der Waals surface area contributed by atoms with Gasteiger partial charge >= 0.3 is 12.3 Å². The normalized spacial score (nSPS) is 22.1. The van der Waals surface area contributed by atoms with Crippen LogP contribution in [0.2, 0.25) is 0 Å². The number of pyridine rings is 1. The van der Waals surface area contributed by atoms with Crippen molar-refractivity contribution in [2.45, 2.75) is 75.9 Å². The maximum absolute atomic E-state index is 13.6. The smallest absolute Gasteiger partial charge is 0.433 e. The number of carbonyl (C=O) groups excluding carboxylic acids is 3. The molecule has 7 atom stereocenters. The topological polar surface area (TPSA) is 167 Å². The quantitative estimate of drug-likeness (QED) is 0.101. The lowest BCUT2D eigenvalue weighted by Crippen LogP contribution is -2.54. The van der Waals surface area contributed by atoms with Gasteiger partial charge in [0.2, 0.25) is 11.8 Å². The van der Waals surface area contributed by atoms with Gasteiger partial charge in [0.25, 0.3) is 0 Å². The summed E-state index contributed by atoms with van der Waals surface area (Å²) in [5.41, 5.74) is 4.49. The second kappa shape index (κ2) is 16.9. The van der Waals surface area contributed by atoms with Crippen LogP contribution >= 0.6 is 0 Å². The van der Waals surface area contributed by atoms with Crippen LogP contribution in [0.15, 0.2) is 79.3 Å². The highest BCUT2D eigenvalue weighted by molar-refractivity contribution is 5.87. The largest absolute Gasteiger partial charge is 0.453 e. The number of H-pyrrole nitrogens is 2. The van der Waals surface area contributed by atoms with Crippen LogP contribution in [0.4, 0.5) is 18.0 Å². The number of rotatable bonds is 12. The molecule has 2 saturated carbocycles. The summed E-state index contributed by atoms with van der Waals surface area (Å²) in [6.45, 7) is 2.00. The zero-order valence-corrected chi connectivity index (χ0v) is 33.5. The Balaban J connectivity index is 0.917. The average molecular weight is 825 g/mol. The molecule has 16 heteroatoms. The van der Waals surface area contributed by atoms with Crippen LogP contribution in [0.1, 0.15) is 73.9 Å². The minimum absolute atomic E-state index is 0.0627. The maximum Gasteiger partial charge on any atom is 0.433 e. The standard InChI is InChI=1S/C44H47F3N8O5/c1-24(59-2)37(54-43(58)60-3)42(57)55-19-5-7-34(55)39-49-22-32(52-39)27-12-8-25(9-13-27)26-10-14-28(15-11-26)33-23-50-40(53-33)35-29-16-17-30(20-29)36(35)41(56)51-21-31-6-4-18-48-38(31)44(45,46)47/h4,6,8-15,18,22-24,29-30,34-37H,5,7,16-17,19-21H2,1-3H3,(H,49,52)(H,50,53)(H,51,56)(H,54,58)/t24-,29?,30?,34+,35+,36+,37+/m1/s1. The Kier molecular flexibility index (Phi) is 11.5. The first-order valence-electron chi connectivity index (χ1n) is 20.2. The number of halogens is 3. The van der Waals surface area contributed by atoms with Crippen molar-refractivity contribution < 1.29 is 37.0 Å². The molecule has 3 fully saturated rings. The molecular formula is C44H47F3N8O5. The van der Waals surface area contributed by atoms with E-state index < -0.39 is 30.1 Å². The number of likely N-dealkylation sites (tertiary alicyclic amines) is 1. The molecule has 3 amide bonds. The van der Waals surface area contributed by atoms with Crippen molar-refractivity contribution in [3.63, 3.8) is 0 Å². The molecule has 4 heterocycles. The molecule has 13 nitrogen and oxygen atoms in total. The monoisotopic (exact) mass is 824 g/mol. The number of hydrogen-bond acceptors (Lipinski definition) is 8. The number of amides is 3. The fourth-order valence-corrected chi connectivity index (χ4v) is 9.38. The summed E-state index contributed by atoms with van der Waals surface area (Å²) in [6.07, 6.45) is 3.07. The Labute approximate surface area is 344 Å². The van der Waals surface area contributed by atoms with Gasteiger partial charge in [-0.2, -0.15) is 13.2 Å². The molecule has 0 radical (unpaired) electrons. The molecule has 2 aliphatic carbocycles. The van der Waals surface area contributed by atoms with E-state index in [1.165, 1.54) is 26.4 Å². The van der Waals surface area contributed by atoms with E-state index in [1.54, 1.807) is 24.2 Å². The Morgan fingerprint density at radius 1 is 0.850 bits per heavy atom. The van der Waals surface area contributed by atoms with Crippen LogP contribution < -0.4 is 10.6 Å². The van der Waals surface area contributed by atoms with E-state index in [0.29, 0.717) is 12.4 Å². The minimum Gasteiger partial charge on any atom is -0.453 e. The van der Waals surface area contributed by atoms with E-state index in [2.05, 4.69) is 30.6 Å². The molecule has 2 aromatic carbocycles. The van der Waals surface area contributed by atoms with Gasteiger partial charge < -0.3 is 35.0 Å². The highest BCUT2D eigenvalue weighted by Gasteiger charge is 2.52. The highest BCUT2D eigenvalue weighted by Crippen LogP contribution is 2.56. The molecule has 0 spiro atoms. The fourth-order valence-electron chi connectivity index (χ4n) is 9.38. The lowest BCUT2D eigenvalue weighted by molar-refractivity contribution is -0.142. The van der Waals surface area contributed by atoms with E-state index >= 15 is 0 Å². The van der Waals surface area contributed by atoms with Gasteiger partial charge in [-0.05, 0) is 79.2 Å². The second-order valence-electron chi connectivity index (χ2n) is 15.9. The summed E-state index contributed by atoms with van der Waals surface area (Å²) in [4.78, 5) is 60.7. The number of ether oxygens (including phenoxy) is 2. The molecule has 60 heavy (non-hydrogen) atoms. The van der Waals surface area contributed by atoms with Crippen LogP contribution in [0.3, 0.4) is 0 Å². The summed E-state index contributed by atoms with van der Waals surface area (Å²) in [5.74, 6) is 0.773. The first-order valence-corrected chi connectivity index (χ1v) is 20.2. The third-order valence-electron chi connectivity index (χ3n) is 12.5. The SMILES string of the molecule is COC(=O)N[C@H](C(=O)N1CCC[C@H]1c1ncc(-c2ccc(-c3ccc(-c4cnc([C@H]5C6CCC(C6)[C@@H]5C(=O)NCc5cccnc5C(F)(F)F)[nH]4)cc3)cc2)[nH]1)[C@@H](C)OC. The number of aromatic amines is 2. The molecule has 1 saturated heterocycles. The molecule has 4 N–H and O–H groups in total. The molecule has 1 aliphatic heterocycles. The van der Waals surface area contributed by atoms with E-state index in [0.717, 1.165) is 77.8 Å². The van der Waals surface area contributed by atoms with Crippen LogP contribution in [-0.4, -0.2) is 80.6 Å². The van der Waals surface area contributed by atoms with Gasteiger partial charge in [0.15, 0.2) is 0 Å². The predicted octanol–water partition coefficient (Wildman–Crippen LogP) is 7.42. The van der Waals surface area contributed by atoms with Crippen molar-refractivity contribution in [2.75, 3.05) is 20.8 Å². The van der Waals surface area contributed by atoms with Crippen molar-refractivity contribution in [3.05, 3.63) is 102 Å². The van der Waals surface area contributed by atoms with E-state index in [4.69, 9.17) is 14.5 Å². The van der Waals surface area contributed by atoms with Crippen molar-refractivity contribution in [2.24, 2.45) is 17.8 Å². The number of aromatic nitrogens is 5. The molecule has 3 aliphatic rings. The predicted molar refractivity (Wildman–Crippen MR) is 215 cm³/mol.